The first kappa shape index (κ1) is 26.5. The topological polar surface area (TPSA) is 72.9 Å². The second-order valence-corrected chi connectivity index (χ2v) is 11.4. The van der Waals surface area contributed by atoms with E-state index in [1.807, 2.05) is 48.2 Å². The van der Waals surface area contributed by atoms with Crippen LogP contribution < -0.4 is 9.62 Å². The fourth-order valence-electron chi connectivity index (χ4n) is 4.51. The van der Waals surface area contributed by atoms with Crippen molar-refractivity contribution in [2.75, 3.05) is 35.8 Å². The average Bonchev–Trinajstić information content (AvgIpc) is 2.88. The lowest BCUT2D eigenvalue weighted by molar-refractivity contribution is -0.00219. The molecule has 1 heterocycles. The van der Waals surface area contributed by atoms with Crippen molar-refractivity contribution in [2.24, 2.45) is 0 Å². The Balaban J connectivity index is 1.45. The second kappa shape index (κ2) is 11.6. The highest BCUT2D eigenvalue weighted by molar-refractivity contribution is 7.92. The zero-order valence-electron chi connectivity index (χ0n) is 20.8. The molecule has 0 spiro atoms. The largest absolute Gasteiger partial charge is 0.374 e. The van der Waals surface area contributed by atoms with Gasteiger partial charge in [0.25, 0.3) is 10.0 Å². The highest BCUT2D eigenvalue weighted by atomic mass is 35.5. The van der Waals surface area contributed by atoms with E-state index in [1.165, 1.54) is 5.56 Å². The second-order valence-electron chi connectivity index (χ2n) is 9.27. The van der Waals surface area contributed by atoms with Crippen molar-refractivity contribution in [2.45, 2.75) is 44.2 Å². The number of aryl methyl sites for hydroxylation is 2. The molecule has 0 amide bonds. The van der Waals surface area contributed by atoms with E-state index in [9.17, 15) is 13.5 Å². The van der Waals surface area contributed by atoms with Crippen LogP contribution in [0.15, 0.2) is 71.6 Å². The summed E-state index contributed by atoms with van der Waals surface area (Å²) < 4.78 is 28.9. The van der Waals surface area contributed by atoms with Gasteiger partial charge in [-0.2, -0.15) is 0 Å². The summed E-state index contributed by atoms with van der Waals surface area (Å²) in [6.07, 6.45) is 2.31. The van der Waals surface area contributed by atoms with Gasteiger partial charge in [-0.1, -0.05) is 55.3 Å². The Labute approximate surface area is 219 Å². The molecule has 192 valence electrons. The predicted molar refractivity (Wildman–Crippen MR) is 147 cm³/mol. The number of aliphatic hydroxyl groups excluding tert-OH is 1. The summed E-state index contributed by atoms with van der Waals surface area (Å²) in [5, 5.41) is 11.9. The van der Waals surface area contributed by atoms with Crippen molar-refractivity contribution in [1.82, 2.24) is 4.90 Å². The van der Waals surface area contributed by atoms with Crippen LogP contribution in [-0.4, -0.2) is 44.6 Å². The number of halogens is 1. The van der Waals surface area contributed by atoms with E-state index in [0.717, 1.165) is 30.5 Å². The molecule has 1 aliphatic heterocycles. The standard InChI is InChI=1S/C28H34ClN3O3S/c1-3-4-7-22-11-13-23(14-12-22)30-36(34,35)24-15-10-21(2)25(20-24)28(33)32-18-16-31(17-19-32)27-9-6-5-8-26(27)29/h5-6,8-15,20,28,30,33H,3-4,7,16-19H2,1-2H3. The van der Waals surface area contributed by atoms with E-state index < -0.39 is 16.3 Å². The van der Waals surface area contributed by atoms with Crippen LogP contribution in [0.3, 0.4) is 0 Å². The van der Waals surface area contributed by atoms with Crippen molar-refractivity contribution in [3.05, 3.63) is 88.4 Å². The van der Waals surface area contributed by atoms with Gasteiger partial charge in [0.15, 0.2) is 0 Å². The third-order valence-electron chi connectivity index (χ3n) is 6.72. The Morgan fingerprint density at radius 2 is 1.69 bits per heavy atom. The first-order valence-electron chi connectivity index (χ1n) is 12.4. The lowest BCUT2D eigenvalue weighted by Crippen LogP contribution is -2.47. The van der Waals surface area contributed by atoms with Crippen LogP contribution in [-0.2, 0) is 16.4 Å². The molecule has 36 heavy (non-hydrogen) atoms. The number of nitrogens with zero attached hydrogens (tertiary/aromatic N) is 2. The molecule has 6 nitrogen and oxygen atoms in total. The molecule has 0 bridgehead atoms. The van der Waals surface area contributed by atoms with E-state index in [-0.39, 0.29) is 4.90 Å². The average molecular weight is 528 g/mol. The van der Waals surface area contributed by atoms with Crippen LogP contribution in [0.25, 0.3) is 0 Å². The Hall–Kier alpha value is -2.58. The normalized spacial score (nSPS) is 15.6. The van der Waals surface area contributed by atoms with Crippen molar-refractivity contribution < 1.29 is 13.5 Å². The Kier molecular flexibility index (Phi) is 8.57. The molecule has 1 unspecified atom stereocenters. The van der Waals surface area contributed by atoms with E-state index in [1.54, 1.807) is 30.3 Å². The number of hydrogen-bond acceptors (Lipinski definition) is 5. The molecule has 0 radical (unpaired) electrons. The zero-order chi connectivity index (χ0) is 25.7. The molecule has 0 aliphatic carbocycles. The van der Waals surface area contributed by atoms with Crippen LogP contribution in [0.1, 0.15) is 42.7 Å². The summed E-state index contributed by atoms with van der Waals surface area (Å²) in [6, 6.07) is 20.2. The van der Waals surface area contributed by atoms with Gasteiger partial charge in [-0.05, 0) is 72.9 Å². The van der Waals surface area contributed by atoms with Gasteiger partial charge in [-0.25, -0.2) is 8.42 Å². The lowest BCUT2D eigenvalue weighted by atomic mass is 10.1. The molecule has 8 heteroatoms. The van der Waals surface area contributed by atoms with Crippen molar-refractivity contribution in [3.63, 3.8) is 0 Å². The van der Waals surface area contributed by atoms with Gasteiger partial charge >= 0.3 is 0 Å². The number of benzene rings is 3. The zero-order valence-corrected chi connectivity index (χ0v) is 22.4. The van der Waals surface area contributed by atoms with Gasteiger partial charge in [0, 0.05) is 31.9 Å². The number of sulfonamides is 1. The summed E-state index contributed by atoms with van der Waals surface area (Å²) in [4.78, 5) is 4.30. The molecule has 2 N–H and O–H groups in total. The van der Waals surface area contributed by atoms with Crippen molar-refractivity contribution >= 4 is 33.0 Å². The molecule has 1 aliphatic rings. The first-order valence-corrected chi connectivity index (χ1v) is 14.3. The Morgan fingerprint density at radius 3 is 2.36 bits per heavy atom. The van der Waals surface area contributed by atoms with Crippen LogP contribution in [0.5, 0.6) is 0 Å². The van der Waals surface area contributed by atoms with Gasteiger partial charge in [-0.3, -0.25) is 9.62 Å². The first-order chi connectivity index (χ1) is 17.3. The quantitative estimate of drug-likeness (QED) is 0.378. The van der Waals surface area contributed by atoms with Gasteiger partial charge in [0.1, 0.15) is 6.23 Å². The van der Waals surface area contributed by atoms with Crippen LogP contribution in [0.4, 0.5) is 11.4 Å². The molecule has 4 rings (SSSR count). The fraction of sp³-hybridized carbons (Fsp3) is 0.357. The van der Waals surface area contributed by atoms with E-state index in [0.29, 0.717) is 42.5 Å². The maximum Gasteiger partial charge on any atom is 0.261 e. The summed E-state index contributed by atoms with van der Waals surface area (Å²) in [5.41, 5.74) is 4.14. The van der Waals surface area contributed by atoms with Crippen molar-refractivity contribution in [3.8, 4) is 0 Å². The van der Waals surface area contributed by atoms with E-state index in [2.05, 4.69) is 16.5 Å². The minimum absolute atomic E-state index is 0.131. The third kappa shape index (κ3) is 6.21. The molecule has 1 fully saturated rings. The monoisotopic (exact) mass is 527 g/mol. The molecule has 1 atom stereocenters. The van der Waals surface area contributed by atoms with Gasteiger partial charge in [0.05, 0.1) is 15.6 Å². The summed E-state index contributed by atoms with van der Waals surface area (Å²) in [6.45, 7) is 6.73. The molecular weight excluding hydrogens is 494 g/mol. The Bertz CT molecular complexity index is 1270. The SMILES string of the molecule is CCCCc1ccc(NS(=O)(=O)c2ccc(C)c(C(O)N3CCN(c4ccccc4Cl)CC3)c2)cc1. The number of unbranched alkanes of at least 4 members (excludes halogenated alkanes) is 1. The molecule has 0 saturated carbocycles. The lowest BCUT2D eigenvalue weighted by Gasteiger charge is -2.39. The molecule has 0 aromatic heterocycles. The molecular formula is C28H34ClN3O3S. The summed E-state index contributed by atoms with van der Waals surface area (Å²) >= 11 is 6.35. The number of nitrogens with one attached hydrogen (secondary N) is 1. The number of anilines is 2. The van der Waals surface area contributed by atoms with E-state index >= 15 is 0 Å². The maximum atomic E-state index is 13.1. The van der Waals surface area contributed by atoms with Gasteiger partial charge in [-0.15, -0.1) is 0 Å². The maximum absolute atomic E-state index is 13.1. The summed E-state index contributed by atoms with van der Waals surface area (Å²) in [7, 11) is -3.80. The number of aliphatic hydroxyl groups is 1. The number of para-hydroxylation sites is 1. The van der Waals surface area contributed by atoms with Crippen molar-refractivity contribution in [1.29, 1.82) is 0 Å². The number of piperazine rings is 1. The number of hydrogen-bond donors (Lipinski definition) is 2. The van der Waals surface area contributed by atoms with Crippen LogP contribution in [0, 0.1) is 6.92 Å². The van der Waals surface area contributed by atoms with Crippen LogP contribution >= 0.6 is 11.6 Å². The van der Waals surface area contributed by atoms with Gasteiger partial charge in [0.2, 0.25) is 0 Å². The van der Waals surface area contributed by atoms with Gasteiger partial charge < -0.3 is 10.0 Å². The molecule has 3 aromatic rings. The minimum atomic E-state index is -3.80. The van der Waals surface area contributed by atoms with Crippen LogP contribution in [0.2, 0.25) is 5.02 Å². The summed E-state index contributed by atoms with van der Waals surface area (Å²) in [5.74, 6) is 0. The highest BCUT2D eigenvalue weighted by Crippen LogP contribution is 2.30. The number of rotatable bonds is 9. The highest BCUT2D eigenvalue weighted by Gasteiger charge is 2.26. The predicted octanol–water partition coefficient (Wildman–Crippen LogP) is 5.60. The third-order valence-corrected chi connectivity index (χ3v) is 8.42. The molecule has 3 aromatic carbocycles. The Morgan fingerprint density at radius 1 is 1.00 bits per heavy atom. The minimum Gasteiger partial charge on any atom is -0.374 e. The fourth-order valence-corrected chi connectivity index (χ4v) is 5.86. The smallest absolute Gasteiger partial charge is 0.261 e. The molecule has 1 saturated heterocycles. The van der Waals surface area contributed by atoms with E-state index in [4.69, 9.17) is 11.6 Å².